The van der Waals surface area contributed by atoms with Crippen molar-refractivity contribution in [2.75, 3.05) is 0 Å². The molecule has 0 aromatic carbocycles. The van der Waals surface area contributed by atoms with E-state index in [-0.39, 0.29) is 0 Å². The predicted molar refractivity (Wildman–Crippen MR) is 60.4 cm³/mol. The quantitative estimate of drug-likeness (QED) is 0.828. The standard InChI is InChI=1S/C9H5Cl2N3S/c10-6-2-1-5-12-9(6)15-8-4-3-7(11)13-14-8/h1-5H. The van der Waals surface area contributed by atoms with Crippen molar-refractivity contribution in [3.63, 3.8) is 0 Å². The van der Waals surface area contributed by atoms with Crippen LogP contribution in [0.15, 0.2) is 40.5 Å². The highest BCUT2D eigenvalue weighted by molar-refractivity contribution is 7.99. The highest BCUT2D eigenvalue weighted by atomic mass is 35.5. The zero-order valence-corrected chi connectivity index (χ0v) is 9.72. The van der Waals surface area contributed by atoms with Crippen LogP contribution in [-0.4, -0.2) is 15.2 Å². The largest absolute Gasteiger partial charge is 0.248 e. The summed E-state index contributed by atoms with van der Waals surface area (Å²) in [5.74, 6) is 0. The minimum Gasteiger partial charge on any atom is -0.248 e. The fourth-order valence-corrected chi connectivity index (χ4v) is 1.94. The van der Waals surface area contributed by atoms with Crippen molar-refractivity contribution < 1.29 is 0 Å². The van der Waals surface area contributed by atoms with Gasteiger partial charge in [-0.1, -0.05) is 23.2 Å². The fraction of sp³-hybridized carbons (Fsp3) is 0. The Morgan fingerprint density at radius 1 is 1.07 bits per heavy atom. The van der Waals surface area contributed by atoms with E-state index in [1.807, 2.05) is 0 Å². The first-order valence-corrected chi connectivity index (χ1v) is 5.60. The van der Waals surface area contributed by atoms with Gasteiger partial charge in [-0.05, 0) is 36.0 Å². The molecule has 3 nitrogen and oxygen atoms in total. The van der Waals surface area contributed by atoms with Crippen molar-refractivity contribution >= 4 is 35.0 Å². The Hall–Kier alpha value is -0.840. The monoisotopic (exact) mass is 257 g/mol. The van der Waals surface area contributed by atoms with E-state index in [4.69, 9.17) is 23.2 Å². The van der Waals surface area contributed by atoms with E-state index in [9.17, 15) is 0 Å². The smallest absolute Gasteiger partial charge is 0.151 e. The number of hydrogen-bond acceptors (Lipinski definition) is 4. The van der Waals surface area contributed by atoms with Crippen LogP contribution in [0.1, 0.15) is 0 Å². The third-order valence-electron chi connectivity index (χ3n) is 1.53. The highest BCUT2D eigenvalue weighted by Crippen LogP contribution is 2.29. The van der Waals surface area contributed by atoms with Crippen LogP contribution < -0.4 is 0 Å². The lowest BCUT2D eigenvalue weighted by Gasteiger charge is -2.00. The van der Waals surface area contributed by atoms with Gasteiger partial charge in [0.2, 0.25) is 0 Å². The first-order chi connectivity index (χ1) is 7.25. The molecule has 0 saturated carbocycles. The Balaban J connectivity index is 2.22. The van der Waals surface area contributed by atoms with Crippen LogP contribution in [-0.2, 0) is 0 Å². The van der Waals surface area contributed by atoms with Crippen molar-refractivity contribution in [1.82, 2.24) is 15.2 Å². The zero-order valence-electron chi connectivity index (χ0n) is 7.39. The minimum absolute atomic E-state index is 0.367. The van der Waals surface area contributed by atoms with Gasteiger partial charge in [0.1, 0.15) is 10.1 Å². The molecule has 0 radical (unpaired) electrons. The van der Waals surface area contributed by atoms with E-state index in [2.05, 4.69) is 15.2 Å². The summed E-state index contributed by atoms with van der Waals surface area (Å²) >= 11 is 12.9. The van der Waals surface area contributed by atoms with Crippen molar-refractivity contribution in [1.29, 1.82) is 0 Å². The topological polar surface area (TPSA) is 38.7 Å². The molecule has 0 bridgehead atoms. The summed E-state index contributed by atoms with van der Waals surface area (Å²) < 4.78 is 0. The Morgan fingerprint density at radius 3 is 2.60 bits per heavy atom. The molecular formula is C9H5Cl2N3S. The molecule has 0 atom stereocenters. The average molecular weight is 258 g/mol. The van der Waals surface area contributed by atoms with E-state index in [0.29, 0.717) is 20.2 Å². The number of rotatable bonds is 2. The van der Waals surface area contributed by atoms with Crippen LogP contribution in [0.4, 0.5) is 0 Å². The van der Waals surface area contributed by atoms with Gasteiger partial charge in [-0.2, -0.15) is 0 Å². The Bertz CT molecular complexity index is 461. The van der Waals surface area contributed by atoms with Crippen molar-refractivity contribution in [3.8, 4) is 0 Å². The Labute approximate surface area is 101 Å². The Kier molecular flexibility index (Phi) is 3.41. The maximum atomic E-state index is 5.95. The van der Waals surface area contributed by atoms with Gasteiger partial charge in [0.25, 0.3) is 0 Å². The second-order valence-corrected chi connectivity index (χ2v) is 4.39. The van der Waals surface area contributed by atoms with Crippen LogP contribution in [0.5, 0.6) is 0 Å². The van der Waals surface area contributed by atoms with E-state index in [0.717, 1.165) is 0 Å². The molecule has 2 aromatic rings. The lowest BCUT2D eigenvalue weighted by Crippen LogP contribution is -1.86. The van der Waals surface area contributed by atoms with Gasteiger partial charge in [-0.25, -0.2) is 4.98 Å². The zero-order chi connectivity index (χ0) is 10.7. The first-order valence-electron chi connectivity index (χ1n) is 4.03. The van der Waals surface area contributed by atoms with Gasteiger partial charge in [0.15, 0.2) is 5.15 Å². The second-order valence-electron chi connectivity index (χ2n) is 2.59. The molecule has 76 valence electrons. The third kappa shape index (κ3) is 2.81. The summed E-state index contributed by atoms with van der Waals surface area (Å²) in [6.45, 7) is 0. The predicted octanol–water partition coefficient (Wildman–Crippen LogP) is 3.33. The number of halogens is 2. The van der Waals surface area contributed by atoms with Gasteiger partial charge < -0.3 is 0 Å². The van der Waals surface area contributed by atoms with E-state index >= 15 is 0 Å². The number of nitrogens with zero attached hydrogens (tertiary/aromatic N) is 3. The summed E-state index contributed by atoms with van der Waals surface area (Å²) in [7, 11) is 0. The maximum absolute atomic E-state index is 5.95. The average Bonchev–Trinajstić information content (AvgIpc) is 2.25. The van der Waals surface area contributed by atoms with Gasteiger partial charge in [-0.3, -0.25) is 0 Å². The van der Waals surface area contributed by atoms with Gasteiger partial charge in [0, 0.05) is 6.20 Å². The summed E-state index contributed by atoms with van der Waals surface area (Å²) in [6.07, 6.45) is 1.68. The lowest BCUT2D eigenvalue weighted by molar-refractivity contribution is 0.927. The molecule has 0 unspecified atom stereocenters. The van der Waals surface area contributed by atoms with Crippen LogP contribution in [0, 0.1) is 0 Å². The molecule has 2 aromatic heterocycles. The molecule has 2 rings (SSSR count). The third-order valence-corrected chi connectivity index (χ3v) is 3.10. The molecule has 2 heterocycles. The Morgan fingerprint density at radius 2 is 1.93 bits per heavy atom. The van der Waals surface area contributed by atoms with Crippen LogP contribution in [0.3, 0.4) is 0 Å². The molecule has 6 heteroatoms. The molecular weight excluding hydrogens is 253 g/mol. The molecule has 0 N–H and O–H groups in total. The maximum Gasteiger partial charge on any atom is 0.151 e. The van der Waals surface area contributed by atoms with E-state index < -0.39 is 0 Å². The molecule has 15 heavy (non-hydrogen) atoms. The molecule has 0 saturated heterocycles. The van der Waals surface area contributed by atoms with Crippen LogP contribution in [0.25, 0.3) is 0 Å². The summed E-state index contributed by atoms with van der Waals surface area (Å²) in [4.78, 5) is 4.13. The van der Waals surface area contributed by atoms with Crippen LogP contribution in [0.2, 0.25) is 10.2 Å². The number of pyridine rings is 1. The van der Waals surface area contributed by atoms with Crippen molar-refractivity contribution in [3.05, 3.63) is 40.6 Å². The second kappa shape index (κ2) is 4.79. The van der Waals surface area contributed by atoms with Gasteiger partial charge >= 0.3 is 0 Å². The minimum atomic E-state index is 0.367. The summed E-state index contributed by atoms with van der Waals surface area (Å²) in [5.41, 5.74) is 0. The van der Waals surface area contributed by atoms with E-state index in [1.54, 1.807) is 30.5 Å². The molecule has 0 aliphatic carbocycles. The number of hydrogen-bond donors (Lipinski definition) is 0. The lowest BCUT2D eigenvalue weighted by atomic mass is 10.5. The SMILES string of the molecule is Clc1ccc(Sc2ncccc2Cl)nn1. The molecule has 0 aliphatic heterocycles. The van der Waals surface area contributed by atoms with Gasteiger partial charge in [-0.15, -0.1) is 10.2 Å². The highest BCUT2D eigenvalue weighted by Gasteiger charge is 2.04. The van der Waals surface area contributed by atoms with Crippen LogP contribution >= 0.6 is 35.0 Å². The molecule has 0 amide bonds. The first kappa shape index (κ1) is 10.7. The van der Waals surface area contributed by atoms with Crippen molar-refractivity contribution in [2.24, 2.45) is 0 Å². The van der Waals surface area contributed by atoms with E-state index in [1.165, 1.54) is 11.8 Å². The number of aromatic nitrogens is 3. The molecule has 0 spiro atoms. The molecule has 0 aliphatic rings. The van der Waals surface area contributed by atoms with Crippen molar-refractivity contribution in [2.45, 2.75) is 10.1 Å². The normalized spacial score (nSPS) is 10.3. The summed E-state index contributed by atoms with van der Waals surface area (Å²) in [5, 5.41) is 10.0. The summed E-state index contributed by atoms with van der Waals surface area (Å²) in [6, 6.07) is 7.00. The fourth-order valence-electron chi connectivity index (χ4n) is 0.904. The van der Waals surface area contributed by atoms with Gasteiger partial charge in [0.05, 0.1) is 5.02 Å². The molecule has 0 fully saturated rings.